The van der Waals surface area contributed by atoms with E-state index in [9.17, 15) is 9.59 Å². The smallest absolute Gasteiger partial charge is 0.313 e. The maximum Gasteiger partial charge on any atom is 0.313 e. The number of carbonyl (C=O) groups excluding carboxylic acids is 2. The summed E-state index contributed by atoms with van der Waals surface area (Å²) in [6.45, 7) is 0. The number of benzene rings is 1. The minimum Gasteiger partial charge on any atom is -0.345 e. The first-order valence-electron chi connectivity index (χ1n) is 6.31. The van der Waals surface area contributed by atoms with Crippen LogP contribution in [0.25, 0.3) is 0 Å². The Kier molecular flexibility index (Phi) is 4.14. The van der Waals surface area contributed by atoms with Gasteiger partial charge in [0.1, 0.15) is 6.07 Å². The third-order valence-corrected chi connectivity index (χ3v) is 3.19. The largest absolute Gasteiger partial charge is 0.345 e. The van der Waals surface area contributed by atoms with Crippen molar-refractivity contribution in [1.29, 1.82) is 5.26 Å². The van der Waals surface area contributed by atoms with Crippen LogP contribution < -0.4 is 10.6 Å². The topological polar surface area (TPSA) is 82.0 Å². The van der Waals surface area contributed by atoms with Crippen LogP contribution in [0.1, 0.15) is 31.2 Å². The normalized spacial score (nSPS) is 14.7. The number of nitrogens with zero attached hydrogens (tertiary/aromatic N) is 1. The van der Waals surface area contributed by atoms with Gasteiger partial charge in [-0.05, 0) is 25.0 Å². The molecule has 1 aromatic carbocycles. The monoisotopic (exact) mass is 257 g/mol. The van der Waals surface area contributed by atoms with E-state index in [0.29, 0.717) is 11.3 Å². The molecule has 5 heteroatoms. The van der Waals surface area contributed by atoms with E-state index >= 15 is 0 Å². The fourth-order valence-corrected chi connectivity index (χ4v) is 2.19. The van der Waals surface area contributed by atoms with Crippen LogP contribution in [0, 0.1) is 11.3 Å². The summed E-state index contributed by atoms with van der Waals surface area (Å²) < 4.78 is 0. The molecule has 1 fully saturated rings. The maximum absolute atomic E-state index is 11.7. The summed E-state index contributed by atoms with van der Waals surface area (Å²) in [5.74, 6) is -1.37. The number of amides is 2. The van der Waals surface area contributed by atoms with Crippen molar-refractivity contribution >= 4 is 17.5 Å². The van der Waals surface area contributed by atoms with Crippen LogP contribution in [0.4, 0.5) is 5.69 Å². The Morgan fingerprint density at radius 3 is 2.53 bits per heavy atom. The Morgan fingerprint density at radius 1 is 1.16 bits per heavy atom. The summed E-state index contributed by atoms with van der Waals surface area (Å²) in [7, 11) is 0. The van der Waals surface area contributed by atoms with Gasteiger partial charge in [-0.15, -0.1) is 0 Å². The van der Waals surface area contributed by atoms with Crippen LogP contribution in [0.15, 0.2) is 24.3 Å². The molecule has 1 aliphatic carbocycles. The highest BCUT2D eigenvalue weighted by Gasteiger charge is 2.21. The van der Waals surface area contributed by atoms with Gasteiger partial charge in [0.15, 0.2) is 0 Å². The second-order valence-corrected chi connectivity index (χ2v) is 4.57. The van der Waals surface area contributed by atoms with Crippen molar-refractivity contribution in [2.45, 2.75) is 31.7 Å². The number of rotatable bonds is 2. The van der Waals surface area contributed by atoms with Crippen molar-refractivity contribution in [3.05, 3.63) is 29.8 Å². The van der Waals surface area contributed by atoms with Gasteiger partial charge in [0.25, 0.3) is 0 Å². The van der Waals surface area contributed by atoms with Crippen LogP contribution >= 0.6 is 0 Å². The summed E-state index contributed by atoms with van der Waals surface area (Å²) in [6.07, 6.45) is 4.02. The van der Waals surface area contributed by atoms with Crippen molar-refractivity contribution in [3.8, 4) is 6.07 Å². The fraction of sp³-hybridized carbons (Fsp3) is 0.357. The molecule has 0 radical (unpaired) electrons. The average molecular weight is 257 g/mol. The van der Waals surface area contributed by atoms with Gasteiger partial charge in [0.2, 0.25) is 0 Å². The van der Waals surface area contributed by atoms with E-state index in [1.165, 1.54) is 0 Å². The van der Waals surface area contributed by atoms with Crippen LogP contribution in [-0.4, -0.2) is 17.9 Å². The van der Waals surface area contributed by atoms with Crippen molar-refractivity contribution in [1.82, 2.24) is 5.32 Å². The molecule has 2 N–H and O–H groups in total. The van der Waals surface area contributed by atoms with Gasteiger partial charge in [-0.25, -0.2) is 0 Å². The fourth-order valence-electron chi connectivity index (χ4n) is 2.19. The maximum atomic E-state index is 11.7. The lowest BCUT2D eigenvalue weighted by Crippen LogP contribution is -2.40. The highest BCUT2D eigenvalue weighted by molar-refractivity contribution is 6.39. The molecule has 0 bridgehead atoms. The molecule has 0 unspecified atom stereocenters. The van der Waals surface area contributed by atoms with Gasteiger partial charge >= 0.3 is 11.8 Å². The summed E-state index contributed by atoms with van der Waals surface area (Å²) in [6, 6.07) is 8.65. The van der Waals surface area contributed by atoms with Crippen molar-refractivity contribution in [2.24, 2.45) is 0 Å². The van der Waals surface area contributed by atoms with E-state index in [-0.39, 0.29) is 6.04 Å². The molecule has 0 saturated heterocycles. The summed E-state index contributed by atoms with van der Waals surface area (Å²) in [5.41, 5.74) is 0.695. The highest BCUT2D eigenvalue weighted by Crippen LogP contribution is 2.17. The zero-order valence-electron chi connectivity index (χ0n) is 10.5. The van der Waals surface area contributed by atoms with Crippen LogP contribution in [0.2, 0.25) is 0 Å². The van der Waals surface area contributed by atoms with E-state index < -0.39 is 11.8 Å². The zero-order valence-corrected chi connectivity index (χ0v) is 10.5. The van der Waals surface area contributed by atoms with Crippen molar-refractivity contribution in [2.75, 3.05) is 5.32 Å². The first kappa shape index (κ1) is 13.1. The first-order valence-corrected chi connectivity index (χ1v) is 6.31. The molecular weight excluding hydrogens is 242 g/mol. The number of nitrogens with one attached hydrogen (secondary N) is 2. The standard InChI is InChI=1S/C14H15N3O2/c15-9-10-5-1-4-8-12(10)17-14(19)13(18)16-11-6-2-3-7-11/h1,4-5,8,11H,2-3,6-7H2,(H,16,18)(H,17,19). The molecule has 98 valence electrons. The van der Waals surface area contributed by atoms with Crippen LogP contribution in [0.5, 0.6) is 0 Å². The number of para-hydroxylation sites is 1. The summed E-state index contributed by atoms with van der Waals surface area (Å²) >= 11 is 0. The van der Waals surface area contributed by atoms with Gasteiger partial charge in [0.05, 0.1) is 11.3 Å². The molecule has 1 saturated carbocycles. The van der Waals surface area contributed by atoms with Crippen LogP contribution in [0.3, 0.4) is 0 Å². The van der Waals surface area contributed by atoms with E-state index in [1.807, 2.05) is 6.07 Å². The van der Waals surface area contributed by atoms with Crippen LogP contribution in [-0.2, 0) is 9.59 Å². The minimum absolute atomic E-state index is 0.101. The third-order valence-electron chi connectivity index (χ3n) is 3.19. The molecule has 19 heavy (non-hydrogen) atoms. The lowest BCUT2D eigenvalue weighted by Gasteiger charge is -2.12. The van der Waals surface area contributed by atoms with Crippen molar-refractivity contribution < 1.29 is 9.59 Å². The number of anilines is 1. The summed E-state index contributed by atoms with van der Waals surface area (Å²) in [4.78, 5) is 23.4. The SMILES string of the molecule is N#Cc1ccccc1NC(=O)C(=O)NC1CCCC1. The molecule has 0 aromatic heterocycles. The molecule has 2 rings (SSSR count). The number of nitriles is 1. The number of carbonyl (C=O) groups is 2. The second-order valence-electron chi connectivity index (χ2n) is 4.57. The predicted octanol–water partition coefficient (Wildman–Crippen LogP) is 1.56. The van der Waals surface area contributed by atoms with Crippen molar-refractivity contribution in [3.63, 3.8) is 0 Å². The molecule has 0 heterocycles. The Labute approximate surface area is 111 Å². The van der Waals surface area contributed by atoms with E-state index in [0.717, 1.165) is 25.7 Å². The molecule has 0 spiro atoms. The lowest BCUT2D eigenvalue weighted by atomic mass is 10.2. The van der Waals surface area contributed by atoms with E-state index in [2.05, 4.69) is 10.6 Å². The average Bonchev–Trinajstić information content (AvgIpc) is 2.92. The Balaban J connectivity index is 1.96. The quantitative estimate of drug-likeness (QED) is 0.789. The van der Waals surface area contributed by atoms with E-state index in [1.54, 1.807) is 24.3 Å². The minimum atomic E-state index is -0.727. The zero-order chi connectivity index (χ0) is 13.7. The Morgan fingerprint density at radius 2 is 1.84 bits per heavy atom. The Hall–Kier alpha value is -2.35. The van der Waals surface area contributed by atoms with Gasteiger partial charge in [-0.3, -0.25) is 9.59 Å². The molecule has 5 nitrogen and oxygen atoms in total. The molecular formula is C14H15N3O2. The highest BCUT2D eigenvalue weighted by atomic mass is 16.2. The molecule has 2 amide bonds. The lowest BCUT2D eigenvalue weighted by molar-refractivity contribution is -0.136. The molecule has 1 aliphatic rings. The predicted molar refractivity (Wildman–Crippen MR) is 70.2 cm³/mol. The first-order chi connectivity index (χ1) is 9.20. The van der Waals surface area contributed by atoms with Gasteiger partial charge in [0, 0.05) is 6.04 Å². The van der Waals surface area contributed by atoms with E-state index in [4.69, 9.17) is 5.26 Å². The molecule has 0 atom stereocenters. The third kappa shape index (κ3) is 3.32. The second kappa shape index (κ2) is 6.01. The molecule has 0 aliphatic heterocycles. The molecule has 1 aromatic rings. The van der Waals surface area contributed by atoms with Gasteiger partial charge in [-0.1, -0.05) is 25.0 Å². The number of hydrogen-bond donors (Lipinski definition) is 2. The van der Waals surface area contributed by atoms with Gasteiger partial charge < -0.3 is 10.6 Å². The van der Waals surface area contributed by atoms with Gasteiger partial charge in [-0.2, -0.15) is 5.26 Å². The summed E-state index contributed by atoms with van der Waals surface area (Å²) in [5, 5.41) is 14.1. The Bertz CT molecular complexity index is 528. The number of hydrogen-bond acceptors (Lipinski definition) is 3.